The molecule has 0 bridgehead atoms. The predicted octanol–water partition coefficient (Wildman–Crippen LogP) is 4.16. The highest BCUT2D eigenvalue weighted by Crippen LogP contribution is 2.32. The minimum atomic E-state index is -4.64. The van der Waals surface area contributed by atoms with E-state index in [-0.39, 0.29) is 41.6 Å². The molecule has 0 radical (unpaired) electrons. The van der Waals surface area contributed by atoms with Gasteiger partial charge in [0.15, 0.2) is 5.96 Å². The molecule has 5 nitrogen and oxygen atoms in total. The summed E-state index contributed by atoms with van der Waals surface area (Å²) in [5, 5.41) is 6.03. The number of hydrogen-bond acceptors (Lipinski definition) is 2. The molecule has 1 aromatic heterocycles. The average molecular weight is 540 g/mol. The van der Waals surface area contributed by atoms with Crippen LogP contribution in [0.5, 0.6) is 0 Å². The van der Waals surface area contributed by atoms with Crippen molar-refractivity contribution in [3.63, 3.8) is 0 Å². The van der Waals surface area contributed by atoms with Gasteiger partial charge in [0.05, 0.1) is 12.1 Å². The Kier molecular flexibility index (Phi) is 10.8. The van der Waals surface area contributed by atoms with E-state index in [0.717, 1.165) is 25.0 Å². The van der Waals surface area contributed by atoms with E-state index in [1.807, 2.05) is 6.92 Å². The van der Waals surface area contributed by atoms with Gasteiger partial charge in [-0.1, -0.05) is 12.1 Å². The molecule has 0 saturated carbocycles. The van der Waals surface area contributed by atoms with Crippen molar-refractivity contribution in [1.29, 1.82) is 0 Å². The number of nitrogens with zero attached hydrogens (tertiary/aromatic N) is 2. The van der Waals surface area contributed by atoms with Gasteiger partial charge in [-0.2, -0.15) is 13.2 Å². The molecule has 1 aromatic carbocycles. The molecule has 0 spiro atoms. The van der Waals surface area contributed by atoms with Gasteiger partial charge in [0.25, 0.3) is 0 Å². The van der Waals surface area contributed by atoms with Crippen molar-refractivity contribution >= 4 is 29.9 Å². The first-order valence-electron chi connectivity index (χ1n) is 9.34. The fourth-order valence-corrected chi connectivity index (χ4v) is 2.72. The smallest absolute Gasteiger partial charge is 0.357 e. The minimum absolute atomic E-state index is 0. The maximum absolute atomic E-state index is 13.2. The molecule has 0 aliphatic heterocycles. The molecule has 0 aliphatic carbocycles. The van der Waals surface area contributed by atoms with Crippen LogP contribution in [0.2, 0.25) is 0 Å². The Morgan fingerprint density at radius 1 is 1.13 bits per heavy atom. The molecule has 30 heavy (non-hydrogen) atoms. The molecule has 2 aromatic rings. The van der Waals surface area contributed by atoms with Gasteiger partial charge in [0.1, 0.15) is 5.82 Å². The van der Waals surface area contributed by atoms with Gasteiger partial charge < -0.3 is 15.2 Å². The number of aliphatic imine (C=N–C) groups is 1. The summed E-state index contributed by atoms with van der Waals surface area (Å²) in [7, 11) is 0. The standard InChI is InChI=1S/C20H24F4N4O.HI/c1-2-25-19(26-10-4-6-12-28-11-5-3-7-18(28)29)27-14-15-8-9-16(21)13-17(15)20(22,23)24;/h3,5,7-9,11,13H,2,4,6,10,12,14H2,1H3,(H2,25,26,27);1H. The molecule has 2 N–H and O–H groups in total. The number of hydrogen-bond donors (Lipinski definition) is 2. The van der Waals surface area contributed by atoms with Gasteiger partial charge in [0, 0.05) is 31.9 Å². The predicted molar refractivity (Wildman–Crippen MR) is 120 cm³/mol. The monoisotopic (exact) mass is 540 g/mol. The molecular weight excluding hydrogens is 515 g/mol. The van der Waals surface area contributed by atoms with Crippen LogP contribution in [0, 0.1) is 5.82 Å². The molecule has 0 aliphatic rings. The fraction of sp³-hybridized carbons (Fsp3) is 0.400. The van der Waals surface area contributed by atoms with Crippen molar-refractivity contribution in [3.05, 3.63) is 69.9 Å². The molecule has 0 saturated heterocycles. The van der Waals surface area contributed by atoms with Crippen LogP contribution >= 0.6 is 24.0 Å². The Hall–Kier alpha value is -2.11. The van der Waals surface area contributed by atoms with E-state index in [9.17, 15) is 22.4 Å². The molecule has 0 amide bonds. The zero-order chi connectivity index (χ0) is 21.3. The van der Waals surface area contributed by atoms with E-state index in [2.05, 4.69) is 15.6 Å². The molecule has 2 rings (SSSR count). The van der Waals surface area contributed by atoms with Crippen molar-refractivity contribution in [3.8, 4) is 0 Å². The van der Waals surface area contributed by atoms with Gasteiger partial charge in [-0.3, -0.25) is 4.79 Å². The summed E-state index contributed by atoms with van der Waals surface area (Å²) >= 11 is 0. The van der Waals surface area contributed by atoms with Gasteiger partial charge >= 0.3 is 6.18 Å². The van der Waals surface area contributed by atoms with E-state index in [0.29, 0.717) is 31.7 Å². The van der Waals surface area contributed by atoms with Gasteiger partial charge in [-0.15, -0.1) is 24.0 Å². The number of nitrogens with one attached hydrogen (secondary N) is 2. The van der Waals surface area contributed by atoms with Gasteiger partial charge in [-0.05, 0) is 43.5 Å². The van der Waals surface area contributed by atoms with Crippen molar-refractivity contribution in [2.45, 2.75) is 39.0 Å². The van der Waals surface area contributed by atoms with E-state index < -0.39 is 17.6 Å². The summed E-state index contributed by atoms with van der Waals surface area (Å²) in [5.41, 5.74) is -1.18. The Labute approximate surface area is 189 Å². The number of pyridine rings is 1. The highest BCUT2D eigenvalue weighted by molar-refractivity contribution is 14.0. The van der Waals surface area contributed by atoms with Crippen LogP contribution in [0.15, 0.2) is 52.4 Å². The maximum Gasteiger partial charge on any atom is 0.416 e. The largest absolute Gasteiger partial charge is 0.416 e. The second-order valence-corrected chi connectivity index (χ2v) is 6.36. The Balaban J connectivity index is 0.00000450. The Morgan fingerprint density at radius 2 is 1.90 bits per heavy atom. The van der Waals surface area contributed by atoms with E-state index in [4.69, 9.17) is 0 Å². The van der Waals surface area contributed by atoms with Crippen LogP contribution < -0.4 is 16.2 Å². The summed E-state index contributed by atoms with van der Waals surface area (Å²) in [6.45, 7) is 3.28. The number of aryl methyl sites for hydroxylation is 1. The van der Waals surface area contributed by atoms with E-state index in [1.165, 1.54) is 6.07 Å². The molecule has 166 valence electrons. The first-order valence-corrected chi connectivity index (χ1v) is 9.34. The molecule has 0 fully saturated rings. The highest BCUT2D eigenvalue weighted by Gasteiger charge is 2.33. The first kappa shape index (κ1) is 25.9. The number of aromatic nitrogens is 1. The lowest BCUT2D eigenvalue weighted by molar-refractivity contribution is -0.138. The second kappa shape index (κ2) is 12.6. The maximum atomic E-state index is 13.2. The molecular formula is C20H25F4IN4O. The minimum Gasteiger partial charge on any atom is -0.357 e. The first-order chi connectivity index (χ1) is 13.8. The zero-order valence-corrected chi connectivity index (χ0v) is 18.8. The quantitative estimate of drug-likeness (QED) is 0.174. The summed E-state index contributed by atoms with van der Waals surface area (Å²) in [6.07, 6.45) is -1.42. The lowest BCUT2D eigenvalue weighted by atomic mass is 10.1. The SMILES string of the molecule is CCNC(=NCc1ccc(F)cc1C(F)(F)F)NCCCCn1ccccc1=O.I. The summed E-state index contributed by atoms with van der Waals surface area (Å²) in [5.74, 6) is -0.561. The lowest BCUT2D eigenvalue weighted by Gasteiger charge is -2.14. The molecule has 0 unspecified atom stereocenters. The van der Waals surface area contributed by atoms with Crippen molar-refractivity contribution in [2.75, 3.05) is 13.1 Å². The number of halogens is 5. The molecule has 10 heteroatoms. The number of unbranched alkanes of at least 4 members (excludes halogenated alkanes) is 1. The third kappa shape index (κ3) is 8.33. The lowest BCUT2D eigenvalue weighted by Crippen LogP contribution is -2.37. The second-order valence-electron chi connectivity index (χ2n) is 6.36. The Morgan fingerprint density at radius 3 is 2.57 bits per heavy atom. The third-order valence-electron chi connectivity index (χ3n) is 4.15. The van der Waals surface area contributed by atoms with Crippen molar-refractivity contribution < 1.29 is 17.6 Å². The summed E-state index contributed by atoms with van der Waals surface area (Å²) in [6, 6.07) is 7.55. The topological polar surface area (TPSA) is 58.4 Å². The van der Waals surface area contributed by atoms with Gasteiger partial charge in [0.2, 0.25) is 5.56 Å². The van der Waals surface area contributed by atoms with Crippen LogP contribution in [0.1, 0.15) is 30.9 Å². The fourth-order valence-electron chi connectivity index (χ4n) is 2.72. The summed E-state index contributed by atoms with van der Waals surface area (Å²) < 4.78 is 54.1. The third-order valence-corrected chi connectivity index (χ3v) is 4.15. The van der Waals surface area contributed by atoms with E-state index >= 15 is 0 Å². The van der Waals surface area contributed by atoms with Crippen LogP contribution in [-0.2, 0) is 19.3 Å². The number of alkyl halides is 3. The normalized spacial score (nSPS) is 11.7. The summed E-state index contributed by atoms with van der Waals surface area (Å²) in [4.78, 5) is 15.8. The number of rotatable bonds is 8. The number of guanidine groups is 1. The number of benzene rings is 1. The van der Waals surface area contributed by atoms with Crippen LogP contribution in [-0.4, -0.2) is 23.6 Å². The van der Waals surface area contributed by atoms with E-state index in [1.54, 1.807) is 22.9 Å². The van der Waals surface area contributed by atoms with Gasteiger partial charge in [-0.25, -0.2) is 9.38 Å². The Bertz CT molecular complexity index is 884. The molecule has 1 heterocycles. The highest BCUT2D eigenvalue weighted by atomic mass is 127. The molecule has 0 atom stereocenters. The van der Waals surface area contributed by atoms with Crippen LogP contribution in [0.4, 0.5) is 17.6 Å². The zero-order valence-electron chi connectivity index (χ0n) is 16.5. The average Bonchev–Trinajstić information content (AvgIpc) is 2.67. The van der Waals surface area contributed by atoms with Crippen LogP contribution in [0.3, 0.4) is 0 Å². The van der Waals surface area contributed by atoms with Crippen molar-refractivity contribution in [1.82, 2.24) is 15.2 Å². The van der Waals surface area contributed by atoms with Crippen LogP contribution in [0.25, 0.3) is 0 Å². The van der Waals surface area contributed by atoms with Crippen molar-refractivity contribution in [2.24, 2.45) is 4.99 Å².